The van der Waals surface area contributed by atoms with Gasteiger partial charge >= 0.3 is 0 Å². The molecule has 1 aromatic heterocycles. The third-order valence-corrected chi connectivity index (χ3v) is 3.34. The Balaban J connectivity index is 2.54. The summed E-state index contributed by atoms with van der Waals surface area (Å²) < 4.78 is 0. The van der Waals surface area contributed by atoms with E-state index < -0.39 is 0 Å². The molecule has 3 nitrogen and oxygen atoms in total. The number of hydrogen-bond donors (Lipinski definition) is 1. The number of anilines is 1. The highest BCUT2D eigenvalue weighted by Crippen LogP contribution is 2.34. The van der Waals surface area contributed by atoms with E-state index in [0.29, 0.717) is 5.02 Å². The Bertz CT molecular complexity index is 443. The summed E-state index contributed by atoms with van der Waals surface area (Å²) >= 11 is 6.20. The lowest BCUT2D eigenvalue weighted by Crippen LogP contribution is -2.15. The minimum Gasteiger partial charge on any atom is -0.325 e. The van der Waals surface area contributed by atoms with Crippen molar-refractivity contribution in [3.8, 4) is 0 Å². The predicted molar refractivity (Wildman–Crippen MR) is 64.9 cm³/mol. The molecule has 0 radical (unpaired) electrons. The molecule has 0 atom stereocenters. The summed E-state index contributed by atoms with van der Waals surface area (Å²) in [5, 5.41) is 3.41. The second kappa shape index (κ2) is 4.42. The van der Waals surface area contributed by atoms with Crippen LogP contribution in [0.3, 0.4) is 0 Å². The number of halogens is 1. The number of fused-ring (bicyclic) bond motifs is 1. The molecule has 1 aliphatic carbocycles. The first-order valence-corrected chi connectivity index (χ1v) is 5.93. The molecular weight excluding hydrogens is 224 g/mol. The number of nitrogens with zero attached hydrogens (tertiary/aromatic N) is 1. The SMILES string of the molecule is CC(=O)Nc1c(Cl)c(C)nc2c1CCCC2. The van der Waals surface area contributed by atoms with Crippen LogP contribution in [0.15, 0.2) is 0 Å². The molecule has 1 heterocycles. The number of carbonyl (C=O) groups excluding carboxylic acids is 1. The number of aryl methyl sites for hydroxylation is 2. The number of hydrogen-bond acceptors (Lipinski definition) is 2. The first kappa shape index (κ1) is 11.4. The Labute approximate surface area is 100 Å². The van der Waals surface area contributed by atoms with E-state index in [1.165, 1.54) is 13.3 Å². The molecule has 1 amide bonds. The number of carbonyl (C=O) groups is 1. The highest BCUT2D eigenvalue weighted by Gasteiger charge is 2.19. The van der Waals surface area contributed by atoms with Crippen molar-refractivity contribution in [3.63, 3.8) is 0 Å². The second-order valence-electron chi connectivity index (χ2n) is 4.20. The van der Waals surface area contributed by atoms with E-state index in [1.807, 2.05) is 6.92 Å². The molecule has 86 valence electrons. The smallest absolute Gasteiger partial charge is 0.221 e. The Morgan fingerprint density at radius 1 is 1.38 bits per heavy atom. The van der Waals surface area contributed by atoms with Gasteiger partial charge in [0, 0.05) is 12.6 Å². The maximum Gasteiger partial charge on any atom is 0.221 e. The normalized spacial score (nSPS) is 14.4. The first-order valence-electron chi connectivity index (χ1n) is 5.55. The van der Waals surface area contributed by atoms with Crippen molar-refractivity contribution < 1.29 is 4.79 Å². The first-order chi connectivity index (χ1) is 7.59. The Hall–Kier alpha value is -1.09. The van der Waals surface area contributed by atoms with Crippen molar-refractivity contribution in [1.29, 1.82) is 0 Å². The maximum atomic E-state index is 11.2. The fraction of sp³-hybridized carbons (Fsp3) is 0.500. The molecule has 1 aromatic rings. The molecule has 1 aliphatic rings. The van der Waals surface area contributed by atoms with Crippen molar-refractivity contribution in [2.75, 3.05) is 5.32 Å². The second-order valence-corrected chi connectivity index (χ2v) is 4.58. The quantitative estimate of drug-likeness (QED) is 0.818. The number of pyridine rings is 1. The largest absolute Gasteiger partial charge is 0.325 e. The average Bonchev–Trinajstić information content (AvgIpc) is 2.24. The minimum atomic E-state index is -0.0831. The van der Waals surface area contributed by atoms with Crippen molar-refractivity contribution in [2.24, 2.45) is 0 Å². The number of rotatable bonds is 1. The zero-order valence-corrected chi connectivity index (χ0v) is 10.3. The van der Waals surface area contributed by atoms with Gasteiger partial charge in [0.2, 0.25) is 5.91 Å². The van der Waals surface area contributed by atoms with E-state index in [-0.39, 0.29) is 5.91 Å². The van der Waals surface area contributed by atoms with E-state index >= 15 is 0 Å². The minimum absolute atomic E-state index is 0.0831. The molecule has 0 unspecified atom stereocenters. The maximum absolute atomic E-state index is 11.2. The molecule has 0 aliphatic heterocycles. The monoisotopic (exact) mass is 238 g/mol. The summed E-state index contributed by atoms with van der Waals surface area (Å²) in [7, 11) is 0. The highest BCUT2D eigenvalue weighted by atomic mass is 35.5. The summed E-state index contributed by atoms with van der Waals surface area (Å²) in [6.45, 7) is 3.38. The summed E-state index contributed by atoms with van der Waals surface area (Å²) in [4.78, 5) is 15.7. The molecule has 0 fully saturated rings. The molecule has 2 rings (SSSR count). The molecule has 0 saturated carbocycles. The standard InChI is InChI=1S/C12H15ClN2O/c1-7-11(13)12(15-8(2)16)9-5-3-4-6-10(9)14-7/h3-6H2,1-2H3,(H,14,15,16). The van der Waals surface area contributed by atoms with Crippen molar-refractivity contribution in [3.05, 3.63) is 22.0 Å². The molecule has 0 bridgehead atoms. The lowest BCUT2D eigenvalue weighted by atomic mass is 9.94. The van der Waals surface area contributed by atoms with Gasteiger partial charge in [-0.05, 0) is 38.2 Å². The molecule has 0 spiro atoms. The summed E-state index contributed by atoms with van der Waals surface area (Å²) in [5.74, 6) is -0.0831. The fourth-order valence-electron chi connectivity index (χ4n) is 2.15. The lowest BCUT2D eigenvalue weighted by molar-refractivity contribution is -0.114. The molecule has 4 heteroatoms. The molecule has 0 saturated heterocycles. The molecular formula is C12H15ClN2O. The van der Waals surface area contributed by atoms with Gasteiger partial charge < -0.3 is 5.32 Å². The Morgan fingerprint density at radius 3 is 2.75 bits per heavy atom. The van der Waals surface area contributed by atoms with E-state index in [0.717, 1.165) is 41.9 Å². The van der Waals surface area contributed by atoms with Crippen LogP contribution in [0.5, 0.6) is 0 Å². The molecule has 1 N–H and O–H groups in total. The van der Waals surface area contributed by atoms with Gasteiger partial charge in [-0.15, -0.1) is 0 Å². The lowest BCUT2D eigenvalue weighted by Gasteiger charge is -2.20. The van der Waals surface area contributed by atoms with Crippen molar-refractivity contribution in [2.45, 2.75) is 39.5 Å². The number of nitrogens with one attached hydrogen (secondary N) is 1. The van der Waals surface area contributed by atoms with Crippen LogP contribution in [0.4, 0.5) is 5.69 Å². The van der Waals surface area contributed by atoms with Gasteiger partial charge in [-0.25, -0.2) is 0 Å². The van der Waals surface area contributed by atoms with E-state index in [2.05, 4.69) is 10.3 Å². The third-order valence-electron chi connectivity index (χ3n) is 2.88. The van der Waals surface area contributed by atoms with Crippen LogP contribution in [-0.2, 0) is 17.6 Å². The van der Waals surface area contributed by atoms with Crippen LogP contribution in [0.2, 0.25) is 5.02 Å². The Morgan fingerprint density at radius 2 is 2.06 bits per heavy atom. The Kier molecular flexibility index (Phi) is 3.15. The highest BCUT2D eigenvalue weighted by molar-refractivity contribution is 6.34. The number of amides is 1. The predicted octanol–water partition coefficient (Wildman–Crippen LogP) is 2.88. The van der Waals surface area contributed by atoms with Crippen LogP contribution >= 0.6 is 11.6 Å². The summed E-state index contributed by atoms with van der Waals surface area (Å²) in [6, 6.07) is 0. The topological polar surface area (TPSA) is 42.0 Å². The van der Waals surface area contributed by atoms with Gasteiger partial charge in [-0.2, -0.15) is 0 Å². The summed E-state index contributed by atoms with van der Waals surface area (Å²) in [5.41, 5.74) is 3.79. The van der Waals surface area contributed by atoms with Crippen molar-refractivity contribution >= 4 is 23.2 Å². The van der Waals surface area contributed by atoms with Gasteiger partial charge in [0.25, 0.3) is 0 Å². The molecule has 16 heavy (non-hydrogen) atoms. The van der Waals surface area contributed by atoms with Crippen LogP contribution in [-0.4, -0.2) is 10.9 Å². The van der Waals surface area contributed by atoms with E-state index in [4.69, 9.17) is 11.6 Å². The fourth-order valence-corrected chi connectivity index (χ4v) is 2.36. The van der Waals surface area contributed by atoms with Gasteiger partial charge in [-0.1, -0.05) is 11.6 Å². The van der Waals surface area contributed by atoms with Gasteiger partial charge in [0.1, 0.15) is 0 Å². The van der Waals surface area contributed by atoms with E-state index in [9.17, 15) is 4.79 Å². The van der Waals surface area contributed by atoms with Gasteiger partial charge in [0.05, 0.1) is 16.4 Å². The molecule has 0 aromatic carbocycles. The van der Waals surface area contributed by atoms with Gasteiger partial charge in [-0.3, -0.25) is 9.78 Å². The van der Waals surface area contributed by atoms with Crippen molar-refractivity contribution in [1.82, 2.24) is 4.98 Å². The van der Waals surface area contributed by atoms with Crippen LogP contribution in [0.1, 0.15) is 36.7 Å². The zero-order valence-electron chi connectivity index (χ0n) is 9.56. The van der Waals surface area contributed by atoms with Crippen LogP contribution in [0.25, 0.3) is 0 Å². The van der Waals surface area contributed by atoms with Crippen LogP contribution in [0, 0.1) is 6.92 Å². The third kappa shape index (κ3) is 2.05. The van der Waals surface area contributed by atoms with E-state index in [1.54, 1.807) is 0 Å². The summed E-state index contributed by atoms with van der Waals surface area (Å²) in [6.07, 6.45) is 4.25. The number of aromatic nitrogens is 1. The average molecular weight is 239 g/mol. The zero-order chi connectivity index (χ0) is 11.7. The van der Waals surface area contributed by atoms with Gasteiger partial charge in [0.15, 0.2) is 0 Å². The van der Waals surface area contributed by atoms with Crippen LogP contribution < -0.4 is 5.32 Å².